The molecule has 0 saturated heterocycles. The molecule has 1 amide bonds. The van der Waals surface area contributed by atoms with E-state index in [0.717, 1.165) is 6.42 Å². The molecule has 0 aliphatic rings. The van der Waals surface area contributed by atoms with Crippen molar-refractivity contribution in [3.63, 3.8) is 0 Å². The summed E-state index contributed by atoms with van der Waals surface area (Å²) in [5.41, 5.74) is -1.72. The number of carbonyl (C=O) groups is 1. The van der Waals surface area contributed by atoms with Gasteiger partial charge in [0, 0.05) is 11.4 Å². The van der Waals surface area contributed by atoms with Gasteiger partial charge in [0.05, 0.1) is 16.6 Å². The zero-order valence-corrected chi connectivity index (χ0v) is 12.2. The number of benzene rings is 1. The van der Waals surface area contributed by atoms with E-state index >= 15 is 0 Å². The summed E-state index contributed by atoms with van der Waals surface area (Å²) in [6, 6.07) is 1.08. The SMILES string of the molecule is CCC(Br)CCNC(=O)c1cc(F)cc([N+](=O)[O-])c1F. The summed E-state index contributed by atoms with van der Waals surface area (Å²) in [6.07, 6.45) is 1.47. The van der Waals surface area contributed by atoms with E-state index in [1.165, 1.54) is 0 Å². The standard InChI is InChI=1S/C12H13BrF2N2O3/c1-2-7(13)3-4-16-12(18)9-5-8(14)6-10(11(9)15)17(19)20/h5-7H,2-4H2,1H3,(H,16,18). The Bertz CT molecular complexity index is 526. The molecular weight excluding hydrogens is 338 g/mol. The van der Waals surface area contributed by atoms with E-state index in [9.17, 15) is 23.7 Å². The maximum atomic E-state index is 13.7. The number of hydrogen-bond donors (Lipinski definition) is 1. The lowest BCUT2D eigenvalue weighted by Gasteiger charge is -2.09. The molecule has 20 heavy (non-hydrogen) atoms. The molecule has 0 heterocycles. The summed E-state index contributed by atoms with van der Waals surface area (Å²) in [5.74, 6) is -3.24. The third-order valence-corrected chi connectivity index (χ3v) is 3.75. The fraction of sp³-hybridized carbons (Fsp3) is 0.417. The molecule has 0 bridgehead atoms. The second-order valence-corrected chi connectivity index (χ2v) is 5.39. The Kier molecular flexibility index (Phi) is 6.00. The smallest absolute Gasteiger partial charge is 0.308 e. The Morgan fingerprint density at radius 1 is 1.50 bits per heavy atom. The third kappa shape index (κ3) is 4.22. The van der Waals surface area contributed by atoms with Gasteiger partial charge in [-0.3, -0.25) is 14.9 Å². The molecular formula is C12H13BrF2N2O3. The van der Waals surface area contributed by atoms with Crippen molar-refractivity contribution in [1.82, 2.24) is 5.32 Å². The molecule has 0 aliphatic heterocycles. The van der Waals surface area contributed by atoms with Crippen LogP contribution in [0.1, 0.15) is 30.1 Å². The maximum absolute atomic E-state index is 13.7. The molecule has 0 radical (unpaired) electrons. The Balaban J connectivity index is 2.85. The van der Waals surface area contributed by atoms with Crippen molar-refractivity contribution in [1.29, 1.82) is 0 Å². The van der Waals surface area contributed by atoms with E-state index in [-0.39, 0.29) is 11.4 Å². The van der Waals surface area contributed by atoms with Gasteiger partial charge in [-0.15, -0.1) is 0 Å². The first-order valence-corrected chi connectivity index (χ1v) is 6.84. The van der Waals surface area contributed by atoms with Crippen LogP contribution in [0.5, 0.6) is 0 Å². The zero-order chi connectivity index (χ0) is 15.3. The molecule has 8 heteroatoms. The Morgan fingerprint density at radius 3 is 2.70 bits per heavy atom. The molecule has 0 spiro atoms. The number of nitro benzene ring substituents is 1. The largest absolute Gasteiger partial charge is 0.352 e. The summed E-state index contributed by atoms with van der Waals surface area (Å²) in [5, 5.41) is 13.0. The Morgan fingerprint density at radius 2 is 2.15 bits per heavy atom. The zero-order valence-electron chi connectivity index (χ0n) is 10.7. The Labute approximate surface area is 122 Å². The lowest BCUT2D eigenvalue weighted by Crippen LogP contribution is -2.27. The number of alkyl halides is 1. The van der Waals surface area contributed by atoms with Crippen LogP contribution in [0.4, 0.5) is 14.5 Å². The molecule has 110 valence electrons. The van der Waals surface area contributed by atoms with E-state index in [1.807, 2.05) is 6.92 Å². The summed E-state index contributed by atoms with van der Waals surface area (Å²) < 4.78 is 26.9. The molecule has 0 aromatic heterocycles. The molecule has 1 aromatic rings. The number of amides is 1. The quantitative estimate of drug-likeness (QED) is 0.486. The number of carbonyl (C=O) groups excluding carboxylic acids is 1. The lowest BCUT2D eigenvalue weighted by molar-refractivity contribution is -0.387. The molecule has 1 N–H and O–H groups in total. The van der Waals surface area contributed by atoms with Crippen LogP contribution in [0.15, 0.2) is 12.1 Å². The van der Waals surface area contributed by atoms with E-state index in [4.69, 9.17) is 0 Å². The van der Waals surface area contributed by atoms with Crippen LogP contribution in [0.25, 0.3) is 0 Å². The van der Waals surface area contributed by atoms with Gasteiger partial charge in [-0.25, -0.2) is 4.39 Å². The highest BCUT2D eigenvalue weighted by Crippen LogP contribution is 2.22. The first-order chi connectivity index (χ1) is 9.36. The minimum atomic E-state index is -1.33. The van der Waals surface area contributed by atoms with Crippen molar-refractivity contribution in [3.8, 4) is 0 Å². The van der Waals surface area contributed by atoms with Gasteiger partial charge >= 0.3 is 5.69 Å². The topological polar surface area (TPSA) is 72.2 Å². The normalized spacial score (nSPS) is 12.0. The number of hydrogen-bond acceptors (Lipinski definition) is 3. The highest BCUT2D eigenvalue weighted by molar-refractivity contribution is 9.09. The number of nitrogens with one attached hydrogen (secondary N) is 1. The van der Waals surface area contributed by atoms with Crippen LogP contribution < -0.4 is 5.32 Å². The number of halogens is 3. The highest BCUT2D eigenvalue weighted by Gasteiger charge is 2.24. The van der Waals surface area contributed by atoms with Crippen LogP contribution >= 0.6 is 15.9 Å². The second-order valence-electron chi connectivity index (χ2n) is 4.09. The predicted molar refractivity (Wildman–Crippen MR) is 73.0 cm³/mol. The maximum Gasteiger partial charge on any atom is 0.308 e. The average Bonchev–Trinajstić information content (AvgIpc) is 2.40. The monoisotopic (exact) mass is 350 g/mol. The molecule has 1 rings (SSSR count). The molecule has 0 fully saturated rings. The van der Waals surface area contributed by atoms with E-state index in [1.54, 1.807) is 0 Å². The first-order valence-electron chi connectivity index (χ1n) is 5.92. The van der Waals surface area contributed by atoms with Gasteiger partial charge in [-0.1, -0.05) is 22.9 Å². The van der Waals surface area contributed by atoms with Crippen LogP contribution in [-0.2, 0) is 0 Å². The van der Waals surface area contributed by atoms with Crippen LogP contribution in [-0.4, -0.2) is 22.2 Å². The number of rotatable bonds is 6. The number of nitro groups is 1. The second kappa shape index (κ2) is 7.28. The van der Waals surface area contributed by atoms with Gasteiger partial charge in [0.2, 0.25) is 5.82 Å². The minimum absolute atomic E-state index is 0.203. The molecule has 0 aliphatic carbocycles. The fourth-order valence-electron chi connectivity index (χ4n) is 1.51. The minimum Gasteiger partial charge on any atom is -0.352 e. The van der Waals surface area contributed by atoms with Gasteiger partial charge < -0.3 is 5.32 Å². The van der Waals surface area contributed by atoms with E-state index in [2.05, 4.69) is 21.2 Å². The molecule has 0 saturated carbocycles. The highest BCUT2D eigenvalue weighted by atomic mass is 79.9. The van der Waals surface area contributed by atoms with Gasteiger partial charge in [-0.05, 0) is 18.9 Å². The van der Waals surface area contributed by atoms with Gasteiger partial charge in [-0.2, -0.15) is 4.39 Å². The van der Waals surface area contributed by atoms with Crippen molar-refractivity contribution in [2.24, 2.45) is 0 Å². The van der Waals surface area contributed by atoms with Crippen molar-refractivity contribution >= 4 is 27.5 Å². The third-order valence-electron chi connectivity index (χ3n) is 2.65. The summed E-state index contributed by atoms with van der Waals surface area (Å²) in [7, 11) is 0. The van der Waals surface area contributed by atoms with Gasteiger partial charge in [0.25, 0.3) is 5.91 Å². The molecule has 1 unspecified atom stereocenters. The van der Waals surface area contributed by atoms with Crippen LogP contribution in [0.2, 0.25) is 0 Å². The first kappa shape index (κ1) is 16.5. The van der Waals surface area contributed by atoms with Crippen LogP contribution in [0, 0.1) is 21.7 Å². The van der Waals surface area contributed by atoms with Crippen molar-refractivity contribution < 1.29 is 18.5 Å². The number of nitrogens with zero attached hydrogens (tertiary/aromatic N) is 1. The molecule has 5 nitrogen and oxygen atoms in total. The van der Waals surface area contributed by atoms with Crippen molar-refractivity contribution in [2.45, 2.75) is 24.6 Å². The predicted octanol–water partition coefficient (Wildman–Crippen LogP) is 3.17. The van der Waals surface area contributed by atoms with Gasteiger partial charge in [0.1, 0.15) is 5.82 Å². The van der Waals surface area contributed by atoms with Crippen molar-refractivity contribution in [2.75, 3.05) is 6.54 Å². The average molecular weight is 351 g/mol. The van der Waals surface area contributed by atoms with Crippen LogP contribution in [0.3, 0.4) is 0 Å². The molecule has 1 atom stereocenters. The Hall–Kier alpha value is -1.57. The fourth-order valence-corrected chi connectivity index (χ4v) is 1.74. The molecule has 1 aromatic carbocycles. The summed E-state index contributed by atoms with van der Waals surface area (Å²) in [6.45, 7) is 2.21. The summed E-state index contributed by atoms with van der Waals surface area (Å²) >= 11 is 3.37. The summed E-state index contributed by atoms with van der Waals surface area (Å²) in [4.78, 5) is 21.4. The van der Waals surface area contributed by atoms with E-state index < -0.39 is 33.7 Å². The van der Waals surface area contributed by atoms with Gasteiger partial charge in [0.15, 0.2) is 0 Å². The van der Waals surface area contributed by atoms with E-state index in [0.29, 0.717) is 18.6 Å². The van der Waals surface area contributed by atoms with Crippen molar-refractivity contribution in [3.05, 3.63) is 39.4 Å². The lowest BCUT2D eigenvalue weighted by atomic mass is 10.1.